The molecule has 1 fully saturated rings. The van der Waals surface area contributed by atoms with Crippen LogP contribution in [0.15, 0.2) is 47.2 Å². The number of nitrogens with zero attached hydrogens (tertiary/aromatic N) is 5. The zero-order chi connectivity index (χ0) is 22.2. The maximum atomic E-state index is 5.51. The first-order valence-corrected chi connectivity index (χ1v) is 10.9. The number of anilines is 1. The number of benzene rings is 1. The van der Waals surface area contributed by atoms with Crippen molar-refractivity contribution in [3.63, 3.8) is 0 Å². The molecule has 32 heavy (non-hydrogen) atoms. The van der Waals surface area contributed by atoms with Crippen molar-refractivity contribution < 1.29 is 14.0 Å². The Hall–Kier alpha value is -3.17. The van der Waals surface area contributed by atoms with E-state index in [1.54, 1.807) is 26.6 Å². The molecule has 0 bridgehead atoms. The van der Waals surface area contributed by atoms with E-state index in [1.807, 2.05) is 30.3 Å². The van der Waals surface area contributed by atoms with E-state index in [2.05, 4.69) is 30.2 Å². The second-order valence-corrected chi connectivity index (χ2v) is 7.63. The first kappa shape index (κ1) is 22.0. The third-order valence-corrected chi connectivity index (χ3v) is 5.57. The van der Waals surface area contributed by atoms with E-state index in [1.165, 1.54) is 0 Å². The standard InChI is InChI=1S/C23H30N6O3/c1-30-21-7-3-6-19(22(21)31-2)20-16-18(32-27-20)17-24-8-5-11-28-12-14-29(15-13-28)23-25-9-4-10-26-23/h3-4,6-7,9-10,16,24H,5,8,11-15,17H2,1-2H3. The number of hydrogen-bond acceptors (Lipinski definition) is 9. The van der Waals surface area contributed by atoms with Crippen LogP contribution in [0.25, 0.3) is 11.3 Å². The first-order chi connectivity index (χ1) is 15.8. The fraction of sp³-hybridized carbons (Fsp3) is 0.435. The molecule has 0 spiro atoms. The summed E-state index contributed by atoms with van der Waals surface area (Å²) in [4.78, 5) is 13.4. The van der Waals surface area contributed by atoms with E-state index in [4.69, 9.17) is 14.0 Å². The van der Waals surface area contributed by atoms with Gasteiger partial charge in [-0.3, -0.25) is 4.90 Å². The SMILES string of the molecule is COc1cccc(-c2cc(CNCCCN3CCN(c4ncccn4)CC3)on2)c1OC. The average Bonchev–Trinajstić information content (AvgIpc) is 3.33. The highest BCUT2D eigenvalue weighted by Gasteiger charge is 2.18. The molecule has 1 aliphatic rings. The Morgan fingerprint density at radius 1 is 1.03 bits per heavy atom. The van der Waals surface area contributed by atoms with Gasteiger partial charge in [0.25, 0.3) is 0 Å². The number of ether oxygens (including phenoxy) is 2. The summed E-state index contributed by atoms with van der Waals surface area (Å²) in [7, 11) is 3.25. The number of hydrogen-bond donors (Lipinski definition) is 1. The normalized spacial score (nSPS) is 14.5. The van der Waals surface area contributed by atoms with Gasteiger partial charge in [0.05, 0.1) is 20.8 Å². The van der Waals surface area contributed by atoms with Gasteiger partial charge in [0.1, 0.15) is 5.69 Å². The van der Waals surface area contributed by atoms with Crippen LogP contribution in [0.5, 0.6) is 11.5 Å². The average molecular weight is 439 g/mol. The number of aromatic nitrogens is 3. The number of methoxy groups -OCH3 is 2. The number of nitrogens with one attached hydrogen (secondary N) is 1. The molecular weight excluding hydrogens is 408 g/mol. The van der Waals surface area contributed by atoms with Crippen molar-refractivity contribution in [3.05, 3.63) is 48.5 Å². The summed E-state index contributed by atoms with van der Waals surface area (Å²) in [5.41, 5.74) is 1.58. The molecule has 1 aliphatic heterocycles. The molecule has 0 atom stereocenters. The van der Waals surface area contributed by atoms with Gasteiger partial charge in [-0.1, -0.05) is 11.2 Å². The Bertz CT molecular complexity index is 973. The Balaban J connectivity index is 1.18. The predicted octanol–water partition coefficient (Wildman–Crippen LogP) is 2.45. The largest absolute Gasteiger partial charge is 0.493 e. The molecule has 9 nitrogen and oxygen atoms in total. The minimum atomic E-state index is 0.637. The van der Waals surface area contributed by atoms with Gasteiger partial charge in [0.15, 0.2) is 17.3 Å². The van der Waals surface area contributed by atoms with Crippen molar-refractivity contribution in [1.29, 1.82) is 0 Å². The number of para-hydroxylation sites is 1. The highest BCUT2D eigenvalue weighted by molar-refractivity contribution is 5.71. The molecule has 1 N–H and O–H groups in total. The lowest BCUT2D eigenvalue weighted by atomic mass is 10.1. The van der Waals surface area contributed by atoms with E-state index in [9.17, 15) is 0 Å². The summed E-state index contributed by atoms with van der Waals surface area (Å²) in [6.07, 6.45) is 4.67. The number of piperazine rings is 1. The highest BCUT2D eigenvalue weighted by atomic mass is 16.5. The van der Waals surface area contributed by atoms with Crippen molar-refractivity contribution >= 4 is 5.95 Å². The van der Waals surface area contributed by atoms with Gasteiger partial charge in [-0.15, -0.1) is 0 Å². The summed E-state index contributed by atoms with van der Waals surface area (Å²) in [6.45, 7) is 6.62. The molecule has 0 unspecified atom stereocenters. The Morgan fingerprint density at radius 2 is 1.84 bits per heavy atom. The summed E-state index contributed by atoms with van der Waals surface area (Å²) < 4.78 is 16.4. The Labute approximate surface area is 188 Å². The van der Waals surface area contributed by atoms with Gasteiger partial charge >= 0.3 is 0 Å². The quantitative estimate of drug-likeness (QED) is 0.480. The fourth-order valence-corrected chi connectivity index (χ4v) is 3.88. The highest BCUT2D eigenvalue weighted by Crippen LogP contribution is 2.37. The second kappa shape index (κ2) is 10.9. The van der Waals surface area contributed by atoms with Gasteiger partial charge in [-0.2, -0.15) is 0 Å². The van der Waals surface area contributed by atoms with Crippen molar-refractivity contribution in [1.82, 2.24) is 25.3 Å². The van der Waals surface area contributed by atoms with E-state index < -0.39 is 0 Å². The zero-order valence-corrected chi connectivity index (χ0v) is 18.7. The van der Waals surface area contributed by atoms with Crippen molar-refractivity contribution in [2.24, 2.45) is 0 Å². The zero-order valence-electron chi connectivity index (χ0n) is 18.7. The van der Waals surface area contributed by atoms with Crippen molar-refractivity contribution in [2.75, 3.05) is 58.4 Å². The Kier molecular flexibility index (Phi) is 7.52. The van der Waals surface area contributed by atoms with Gasteiger partial charge in [0.2, 0.25) is 5.95 Å². The van der Waals surface area contributed by atoms with Gasteiger partial charge in [-0.05, 0) is 37.7 Å². The van der Waals surface area contributed by atoms with Gasteiger partial charge in [-0.25, -0.2) is 9.97 Å². The van der Waals surface area contributed by atoms with Crippen molar-refractivity contribution in [3.8, 4) is 22.8 Å². The molecular formula is C23H30N6O3. The van der Waals surface area contributed by atoms with Crippen LogP contribution in [0.1, 0.15) is 12.2 Å². The summed E-state index contributed by atoms with van der Waals surface area (Å²) in [5.74, 6) is 2.94. The first-order valence-electron chi connectivity index (χ1n) is 10.9. The second-order valence-electron chi connectivity index (χ2n) is 7.63. The number of rotatable bonds is 10. The molecule has 170 valence electrons. The third kappa shape index (κ3) is 5.35. The topological polar surface area (TPSA) is 88.8 Å². The van der Waals surface area contributed by atoms with Crippen LogP contribution >= 0.6 is 0 Å². The molecule has 0 aliphatic carbocycles. The Morgan fingerprint density at radius 3 is 2.59 bits per heavy atom. The molecule has 0 saturated carbocycles. The smallest absolute Gasteiger partial charge is 0.225 e. The van der Waals surface area contributed by atoms with Crippen molar-refractivity contribution in [2.45, 2.75) is 13.0 Å². The molecule has 2 aromatic heterocycles. The van der Waals surface area contributed by atoms with E-state index in [0.717, 1.165) is 68.7 Å². The minimum absolute atomic E-state index is 0.637. The van der Waals surface area contributed by atoms with Gasteiger partial charge in [0, 0.05) is 50.2 Å². The third-order valence-electron chi connectivity index (χ3n) is 5.57. The molecule has 9 heteroatoms. The fourth-order valence-electron chi connectivity index (χ4n) is 3.88. The molecule has 0 radical (unpaired) electrons. The van der Waals surface area contributed by atoms with Crippen LogP contribution < -0.4 is 19.7 Å². The lowest BCUT2D eigenvalue weighted by Gasteiger charge is -2.34. The summed E-state index contributed by atoms with van der Waals surface area (Å²) >= 11 is 0. The maximum Gasteiger partial charge on any atom is 0.225 e. The summed E-state index contributed by atoms with van der Waals surface area (Å²) in [5, 5.41) is 7.65. The predicted molar refractivity (Wildman–Crippen MR) is 122 cm³/mol. The van der Waals surface area contributed by atoms with Crippen LogP contribution in [0.3, 0.4) is 0 Å². The van der Waals surface area contributed by atoms with Crippen LogP contribution in [0, 0.1) is 0 Å². The molecule has 4 rings (SSSR count). The molecule has 1 saturated heterocycles. The molecule has 3 heterocycles. The maximum absolute atomic E-state index is 5.51. The lowest BCUT2D eigenvalue weighted by molar-refractivity contribution is 0.252. The molecule has 1 aromatic carbocycles. The molecule has 3 aromatic rings. The lowest BCUT2D eigenvalue weighted by Crippen LogP contribution is -2.47. The van der Waals surface area contributed by atoms with E-state index in [0.29, 0.717) is 18.0 Å². The van der Waals surface area contributed by atoms with E-state index >= 15 is 0 Å². The molecule has 0 amide bonds. The van der Waals surface area contributed by atoms with Crippen LogP contribution in [0.2, 0.25) is 0 Å². The monoisotopic (exact) mass is 438 g/mol. The van der Waals surface area contributed by atoms with Crippen LogP contribution in [0.4, 0.5) is 5.95 Å². The van der Waals surface area contributed by atoms with Crippen LogP contribution in [-0.4, -0.2) is 73.5 Å². The van der Waals surface area contributed by atoms with Crippen LogP contribution in [-0.2, 0) is 6.54 Å². The minimum Gasteiger partial charge on any atom is -0.493 e. The van der Waals surface area contributed by atoms with Gasteiger partial charge < -0.3 is 24.2 Å². The van der Waals surface area contributed by atoms with E-state index in [-0.39, 0.29) is 0 Å². The summed E-state index contributed by atoms with van der Waals surface area (Å²) in [6, 6.07) is 9.51.